The standard InChI is InChI=1S/C16H11F2N5O2/c17-10-5-1-3-7-12(10)21-15-14(23(24)25)16(20-9-19-15)22-13-8-4-2-6-11(13)18/h1-9H,(H2,19,20,21,22). The van der Waals surface area contributed by atoms with Gasteiger partial charge < -0.3 is 10.6 Å². The molecule has 0 unspecified atom stereocenters. The van der Waals surface area contributed by atoms with Gasteiger partial charge in [0.25, 0.3) is 0 Å². The summed E-state index contributed by atoms with van der Waals surface area (Å²) in [7, 11) is 0. The van der Waals surface area contributed by atoms with Gasteiger partial charge in [-0.15, -0.1) is 0 Å². The number of para-hydroxylation sites is 2. The van der Waals surface area contributed by atoms with E-state index in [2.05, 4.69) is 20.6 Å². The van der Waals surface area contributed by atoms with Crippen LogP contribution in [0.25, 0.3) is 0 Å². The smallest absolute Gasteiger partial charge is 0.332 e. The number of hydrogen-bond acceptors (Lipinski definition) is 6. The van der Waals surface area contributed by atoms with Crippen molar-refractivity contribution in [2.75, 3.05) is 10.6 Å². The molecule has 3 aromatic rings. The molecule has 0 spiro atoms. The van der Waals surface area contributed by atoms with Crippen LogP contribution in [0, 0.1) is 21.7 Å². The van der Waals surface area contributed by atoms with Gasteiger partial charge in [-0.05, 0) is 24.3 Å². The summed E-state index contributed by atoms with van der Waals surface area (Å²) in [4.78, 5) is 18.3. The van der Waals surface area contributed by atoms with E-state index < -0.39 is 22.2 Å². The van der Waals surface area contributed by atoms with Crippen LogP contribution in [0.5, 0.6) is 0 Å². The molecule has 25 heavy (non-hydrogen) atoms. The molecule has 2 N–H and O–H groups in total. The predicted molar refractivity (Wildman–Crippen MR) is 88.1 cm³/mol. The fraction of sp³-hybridized carbons (Fsp3) is 0. The lowest BCUT2D eigenvalue weighted by Gasteiger charge is -2.11. The van der Waals surface area contributed by atoms with Crippen LogP contribution in [-0.2, 0) is 0 Å². The van der Waals surface area contributed by atoms with Crippen LogP contribution in [-0.4, -0.2) is 14.9 Å². The molecule has 1 heterocycles. The molecule has 1 aromatic heterocycles. The van der Waals surface area contributed by atoms with Crippen molar-refractivity contribution in [3.05, 3.63) is 76.6 Å². The van der Waals surface area contributed by atoms with Crippen molar-refractivity contribution in [2.45, 2.75) is 0 Å². The summed E-state index contributed by atoms with van der Waals surface area (Å²) in [6.07, 6.45) is 1.05. The SMILES string of the molecule is O=[N+]([O-])c1c(Nc2ccccc2F)ncnc1Nc1ccccc1F. The van der Waals surface area contributed by atoms with Crippen molar-refractivity contribution < 1.29 is 13.7 Å². The third-order valence-corrected chi connectivity index (χ3v) is 3.26. The predicted octanol–water partition coefficient (Wildman–Crippen LogP) is 4.15. The number of halogens is 2. The first-order valence-electron chi connectivity index (χ1n) is 7.09. The molecule has 3 rings (SSSR count). The summed E-state index contributed by atoms with van der Waals surface area (Å²) in [5, 5.41) is 16.6. The van der Waals surface area contributed by atoms with Crippen LogP contribution in [0.1, 0.15) is 0 Å². The monoisotopic (exact) mass is 343 g/mol. The lowest BCUT2D eigenvalue weighted by atomic mass is 10.3. The Hall–Kier alpha value is -3.62. The molecule has 7 nitrogen and oxygen atoms in total. The Bertz CT molecular complexity index is 870. The maximum absolute atomic E-state index is 13.8. The molecule has 0 saturated heterocycles. The topological polar surface area (TPSA) is 93.0 Å². The molecule has 0 amide bonds. The lowest BCUT2D eigenvalue weighted by Crippen LogP contribution is -2.06. The Morgan fingerprint density at radius 3 is 1.68 bits per heavy atom. The van der Waals surface area contributed by atoms with Crippen LogP contribution in [0.2, 0.25) is 0 Å². The normalized spacial score (nSPS) is 10.3. The van der Waals surface area contributed by atoms with Crippen molar-refractivity contribution in [2.24, 2.45) is 0 Å². The number of nitro groups is 1. The van der Waals surface area contributed by atoms with Gasteiger partial charge in [0.05, 0.1) is 16.3 Å². The van der Waals surface area contributed by atoms with E-state index in [1.54, 1.807) is 12.1 Å². The van der Waals surface area contributed by atoms with Gasteiger partial charge in [0, 0.05) is 0 Å². The molecule has 0 atom stereocenters. The molecule has 0 saturated carbocycles. The minimum Gasteiger partial charge on any atom is -0.332 e. The van der Waals surface area contributed by atoms with Crippen LogP contribution in [0.15, 0.2) is 54.9 Å². The summed E-state index contributed by atoms with van der Waals surface area (Å²) >= 11 is 0. The minimum absolute atomic E-state index is 0.0149. The summed E-state index contributed by atoms with van der Waals surface area (Å²) in [6, 6.07) is 11.3. The van der Waals surface area contributed by atoms with E-state index in [1.165, 1.54) is 36.4 Å². The maximum Gasteiger partial charge on any atom is 0.353 e. The van der Waals surface area contributed by atoms with Gasteiger partial charge >= 0.3 is 5.69 Å². The number of hydrogen-bond donors (Lipinski definition) is 2. The second-order valence-electron chi connectivity index (χ2n) is 4.89. The number of aromatic nitrogens is 2. The first-order valence-corrected chi connectivity index (χ1v) is 7.09. The van der Waals surface area contributed by atoms with E-state index in [9.17, 15) is 18.9 Å². The first-order chi connectivity index (χ1) is 12.1. The highest BCUT2D eigenvalue weighted by molar-refractivity contribution is 5.76. The summed E-state index contributed by atoms with van der Waals surface area (Å²) < 4.78 is 27.5. The molecule has 0 radical (unpaired) electrons. The summed E-state index contributed by atoms with van der Waals surface area (Å²) in [6.45, 7) is 0. The molecular formula is C16H11F2N5O2. The molecule has 0 fully saturated rings. The van der Waals surface area contributed by atoms with E-state index in [-0.39, 0.29) is 23.0 Å². The first kappa shape index (κ1) is 16.2. The van der Waals surface area contributed by atoms with Crippen LogP contribution in [0.4, 0.5) is 37.5 Å². The third kappa shape index (κ3) is 3.50. The second-order valence-corrected chi connectivity index (χ2v) is 4.89. The molecule has 9 heteroatoms. The maximum atomic E-state index is 13.8. The molecule has 0 bridgehead atoms. The molecule has 0 aliphatic rings. The number of nitrogens with one attached hydrogen (secondary N) is 2. The van der Waals surface area contributed by atoms with Gasteiger partial charge in [-0.25, -0.2) is 18.7 Å². The van der Waals surface area contributed by atoms with E-state index in [1.807, 2.05) is 0 Å². The van der Waals surface area contributed by atoms with Crippen molar-refractivity contribution in [1.82, 2.24) is 9.97 Å². The van der Waals surface area contributed by atoms with Gasteiger partial charge in [0.1, 0.15) is 18.0 Å². The zero-order valence-corrected chi connectivity index (χ0v) is 12.6. The molecule has 2 aromatic carbocycles. The number of anilines is 4. The molecular weight excluding hydrogens is 332 g/mol. The Morgan fingerprint density at radius 2 is 1.28 bits per heavy atom. The number of benzene rings is 2. The van der Waals surface area contributed by atoms with Crippen molar-refractivity contribution in [3.8, 4) is 0 Å². The summed E-state index contributed by atoms with van der Waals surface area (Å²) in [5.74, 6) is -1.63. The zero-order valence-electron chi connectivity index (χ0n) is 12.6. The molecule has 0 aliphatic heterocycles. The second kappa shape index (κ2) is 6.87. The number of rotatable bonds is 5. The fourth-order valence-electron chi connectivity index (χ4n) is 2.11. The lowest BCUT2D eigenvalue weighted by molar-refractivity contribution is -0.383. The van der Waals surface area contributed by atoms with Crippen molar-refractivity contribution in [1.29, 1.82) is 0 Å². The highest BCUT2D eigenvalue weighted by Crippen LogP contribution is 2.33. The average molecular weight is 343 g/mol. The Labute approximate surface area is 140 Å². The van der Waals surface area contributed by atoms with Gasteiger partial charge in [-0.3, -0.25) is 10.1 Å². The van der Waals surface area contributed by atoms with Gasteiger partial charge in [-0.2, -0.15) is 0 Å². The van der Waals surface area contributed by atoms with Crippen LogP contribution in [0.3, 0.4) is 0 Å². The van der Waals surface area contributed by atoms with Crippen molar-refractivity contribution in [3.63, 3.8) is 0 Å². The van der Waals surface area contributed by atoms with Crippen LogP contribution < -0.4 is 10.6 Å². The van der Waals surface area contributed by atoms with Gasteiger partial charge in [0.15, 0.2) is 0 Å². The average Bonchev–Trinajstić information content (AvgIpc) is 2.59. The zero-order chi connectivity index (χ0) is 17.8. The number of nitrogens with zero attached hydrogens (tertiary/aromatic N) is 3. The largest absolute Gasteiger partial charge is 0.353 e. The Balaban J connectivity index is 2.02. The van der Waals surface area contributed by atoms with E-state index >= 15 is 0 Å². The summed E-state index contributed by atoms with van der Waals surface area (Å²) in [5.41, 5.74) is -0.503. The van der Waals surface area contributed by atoms with E-state index in [4.69, 9.17) is 0 Å². The van der Waals surface area contributed by atoms with E-state index in [0.29, 0.717) is 0 Å². The molecule has 126 valence electrons. The quantitative estimate of drug-likeness (QED) is 0.534. The minimum atomic E-state index is -0.730. The van der Waals surface area contributed by atoms with Crippen molar-refractivity contribution >= 4 is 28.7 Å². The Kier molecular flexibility index (Phi) is 4.46. The van der Waals surface area contributed by atoms with E-state index in [0.717, 1.165) is 6.33 Å². The Morgan fingerprint density at radius 1 is 0.840 bits per heavy atom. The highest BCUT2D eigenvalue weighted by Gasteiger charge is 2.24. The van der Waals surface area contributed by atoms with Gasteiger partial charge in [-0.1, -0.05) is 24.3 Å². The van der Waals surface area contributed by atoms with Crippen LogP contribution >= 0.6 is 0 Å². The fourth-order valence-corrected chi connectivity index (χ4v) is 2.11. The third-order valence-electron chi connectivity index (χ3n) is 3.26. The molecule has 0 aliphatic carbocycles. The highest BCUT2D eigenvalue weighted by atomic mass is 19.1. The van der Waals surface area contributed by atoms with Gasteiger partial charge in [0.2, 0.25) is 11.6 Å².